The second-order valence-corrected chi connectivity index (χ2v) is 5.04. The van der Waals surface area contributed by atoms with Crippen LogP contribution in [0.1, 0.15) is 0 Å². The van der Waals surface area contributed by atoms with Crippen LogP contribution in [0, 0.1) is 5.82 Å². The van der Waals surface area contributed by atoms with Crippen LogP contribution in [0.15, 0.2) is 46.9 Å². The lowest BCUT2D eigenvalue weighted by molar-refractivity contribution is -0.170. The zero-order valence-electron chi connectivity index (χ0n) is 12.3. The van der Waals surface area contributed by atoms with Gasteiger partial charge < -0.3 is 9.32 Å². The Hall–Kier alpha value is -2.90. The molecule has 2 aromatic carbocycles. The first kappa shape index (κ1) is 16.0. The van der Waals surface area contributed by atoms with E-state index in [1.54, 1.807) is 0 Å². The second kappa shape index (κ2) is 5.63. The molecule has 1 heterocycles. The van der Waals surface area contributed by atoms with E-state index in [1.807, 2.05) is 0 Å². The van der Waals surface area contributed by atoms with E-state index in [1.165, 1.54) is 42.5 Å². The zero-order valence-corrected chi connectivity index (χ0v) is 12.3. The third kappa shape index (κ3) is 2.94. The summed E-state index contributed by atoms with van der Waals surface area (Å²) >= 11 is 0. The first-order valence-electron chi connectivity index (χ1n) is 6.77. The quantitative estimate of drug-likeness (QED) is 0.659. The standard InChI is InChI=1S/C16H10F4N2O2/c1-22(15(23)16(18,19)20)11-6-7-12-13(8-11)24-14(21-12)9-2-4-10(17)5-3-9/h2-8H,1H3. The minimum atomic E-state index is -4.97. The number of benzene rings is 2. The van der Waals surface area contributed by atoms with Crippen molar-refractivity contribution >= 4 is 22.7 Å². The van der Waals surface area contributed by atoms with Crippen LogP contribution in [-0.4, -0.2) is 24.1 Å². The van der Waals surface area contributed by atoms with Crippen LogP contribution in [-0.2, 0) is 4.79 Å². The van der Waals surface area contributed by atoms with Gasteiger partial charge in [-0.2, -0.15) is 13.2 Å². The highest BCUT2D eigenvalue weighted by Crippen LogP contribution is 2.29. The molecule has 0 N–H and O–H groups in total. The van der Waals surface area contributed by atoms with E-state index < -0.39 is 17.9 Å². The Labute approximate surface area is 133 Å². The monoisotopic (exact) mass is 338 g/mol. The molecule has 1 aromatic heterocycles. The summed E-state index contributed by atoms with van der Waals surface area (Å²) in [5.41, 5.74) is 1.17. The van der Waals surface area contributed by atoms with Crippen molar-refractivity contribution in [2.24, 2.45) is 0 Å². The van der Waals surface area contributed by atoms with Gasteiger partial charge in [0, 0.05) is 24.4 Å². The highest BCUT2D eigenvalue weighted by atomic mass is 19.4. The number of aromatic nitrogens is 1. The molecule has 8 heteroatoms. The number of carbonyl (C=O) groups is 1. The molecule has 0 saturated heterocycles. The number of anilines is 1. The Kier molecular flexibility index (Phi) is 3.75. The molecule has 1 amide bonds. The van der Waals surface area contributed by atoms with E-state index in [9.17, 15) is 22.4 Å². The molecule has 24 heavy (non-hydrogen) atoms. The lowest BCUT2D eigenvalue weighted by atomic mass is 10.2. The number of rotatable bonds is 2. The maximum Gasteiger partial charge on any atom is 0.471 e. The zero-order chi connectivity index (χ0) is 17.5. The number of carbonyl (C=O) groups excluding carboxylic acids is 1. The van der Waals surface area contributed by atoms with Gasteiger partial charge in [-0.05, 0) is 36.4 Å². The van der Waals surface area contributed by atoms with Crippen molar-refractivity contribution in [3.05, 3.63) is 48.3 Å². The van der Waals surface area contributed by atoms with Gasteiger partial charge in [-0.3, -0.25) is 4.79 Å². The minimum Gasteiger partial charge on any atom is -0.436 e. The predicted octanol–water partition coefficient (Wildman–Crippen LogP) is 4.16. The van der Waals surface area contributed by atoms with Crippen LogP contribution in [0.2, 0.25) is 0 Å². The van der Waals surface area contributed by atoms with Gasteiger partial charge in [-0.15, -0.1) is 0 Å². The van der Waals surface area contributed by atoms with Crippen molar-refractivity contribution < 1.29 is 26.8 Å². The Bertz CT molecular complexity index is 901. The summed E-state index contributed by atoms with van der Waals surface area (Å²) in [4.78, 5) is 16.0. The summed E-state index contributed by atoms with van der Waals surface area (Å²) in [5, 5.41) is 0. The number of oxazole rings is 1. The van der Waals surface area contributed by atoms with Crippen molar-refractivity contribution in [1.82, 2.24) is 4.98 Å². The molecule has 0 atom stereocenters. The molecular formula is C16H10F4N2O2. The normalized spacial score (nSPS) is 11.7. The summed E-state index contributed by atoms with van der Waals surface area (Å²) in [7, 11) is 1.02. The number of hydrogen-bond donors (Lipinski definition) is 0. The predicted molar refractivity (Wildman–Crippen MR) is 78.9 cm³/mol. The minimum absolute atomic E-state index is 0.0200. The van der Waals surface area contributed by atoms with Gasteiger partial charge in [0.05, 0.1) is 0 Å². The Morgan fingerprint density at radius 2 is 1.79 bits per heavy atom. The van der Waals surface area contributed by atoms with Crippen LogP contribution in [0.25, 0.3) is 22.6 Å². The fraction of sp³-hybridized carbons (Fsp3) is 0.125. The lowest BCUT2D eigenvalue weighted by Crippen LogP contribution is -2.38. The van der Waals surface area contributed by atoms with Crippen LogP contribution < -0.4 is 4.90 Å². The van der Waals surface area contributed by atoms with Crippen molar-refractivity contribution in [3.63, 3.8) is 0 Å². The van der Waals surface area contributed by atoms with Gasteiger partial charge in [0.15, 0.2) is 5.58 Å². The van der Waals surface area contributed by atoms with Crippen molar-refractivity contribution in [2.45, 2.75) is 6.18 Å². The third-order valence-corrected chi connectivity index (χ3v) is 3.40. The molecule has 0 aliphatic rings. The number of hydrogen-bond acceptors (Lipinski definition) is 3. The largest absolute Gasteiger partial charge is 0.471 e. The van der Waals surface area contributed by atoms with Crippen LogP contribution in [0.3, 0.4) is 0 Å². The lowest BCUT2D eigenvalue weighted by Gasteiger charge is -2.18. The Balaban J connectivity index is 1.97. The summed E-state index contributed by atoms with van der Waals surface area (Å²) in [6.45, 7) is 0. The Morgan fingerprint density at radius 1 is 1.12 bits per heavy atom. The molecule has 0 aliphatic carbocycles. The van der Waals surface area contributed by atoms with Gasteiger partial charge >= 0.3 is 12.1 Å². The molecule has 124 valence electrons. The van der Waals surface area contributed by atoms with E-state index in [0.717, 1.165) is 7.05 Å². The second-order valence-electron chi connectivity index (χ2n) is 5.04. The molecule has 0 bridgehead atoms. The van der Waals surface area contributed by atoms with Crippen LogP contribution in [0.4, 0.5) is 23.2 Å². The Morgan fingerprint density at radius 3 is 2.42 bits per heavy atom. The van der Waals surface area contributed by atoms with Crippen molar-refractivity contribution in [1.29, 1.82) is 0 Å². The molecule has 0 fully saturated rings. The number of nitrogens with zero attached hydrogens (tertiary/aromatic N) is 2. The number of alkyl halides is 3. The molecule has 0 spiro atoms. The molecule has 3 rings (SSSR count). The van der Waals surface area contributed by atoms with Crippen molar-refractivity contribution in [2.75, 3.05) is 11.9 Å². The third-order valence-electron chi connectivity index (χ3n) is 3.40. The summed E-state index contributed by atoms with van der Waals surface area (Å²) in [5.74, 6) is -2.20. The van der Waals surface area contributed by atoms with Crippen LogP contribution >= 0.6 is 0 Å². The molecule has 0 aliphatic heterocycles. The summed E-state index contributed by atoms with van der Waals surface area (Å²) < 4.78 is 55.9. The fourth-order valence-corrected chi connectivity index (χ4v) is 2.15. The topological polar surface area (TPSA) is 46.3 Å². The maximum absolute atomic E-state index is 12.9. The first-order valence-corrected chi connectivity index (χ1v) is 6.77. The van der Waals surface area contributed by atoms with E-state index in [-0.39, 0.29) is 17.2 Å². The SMILES string of the molecule is CN(C(=O)C(F)(F)F)c1ccc2nc(-c3ccc(F)cc3)oc2c1. The summed E-state index contributed by atoms with van der Waals surface area (Å²) in [6, 6.07) is 9.50. The number of amides is 1. The first-order chi connectivity index (χ1) is 11.3. The molecular weight excluding hydrogens is 328 g/mol. The molecule has 4 nitrogen and oxygen atoms in total. The van der Waals surface area contributed by atoms with Crippen molar-refractivity contribution in [3.8, 4) is 11.5 Å². The van der Waals surface area contributed by atoms with Gasteiger partial charge in [0.25, 0.3) is 0 Å². The molecule has 0 radical (unpaired) electrons. The van der Waals surface area contributed by atoms with Gasteiger partial charge in [-0.1, -0.05) is 0 Å². The number of fused-ring (bicyclic) bond motifs is 1. The molecule has 0 saturated carbocycles. The smallest absolute Gasteiger partial charge is 0.436 e. The van der Waals surface area contributed by atoms with Gasteiger partial charge in [0.1, 0.15) is 11.3 Å². The van der Waals surface area contributed by atoms with E-state index in [2.05, 4.69) is 4.98 Å². The number of halogens is 4. The van der Waals surface area contributed by atoms with E-state index in [0.29, 0.717) is 16.0 Å². The molecule has 0 unspecified atom stereocenters. The molecule has 3 aromatic rings. The highest BCUT2D eigenvalue weighted by molar-refractivity contribution is 5.98. The van der Waals surface area contributed by atoms with Crippen LogP contribution in [0.5, 0.6) is 0 Å². The summed E-state index contributed by atoms with van der Waals surface area (Å²) in [6.07, 6.45) is -4.97. The van der Waals surface area contributed by atoms with E-state index >= 15 is 0 Å². The maximum atomic E-state index is 12.9. The highest BCUT2D eigenvalue weighted by Gasteiger charge is 2.41. The fourth-order valence-electron chi connectivity index (χ4n) is 2.15. The van der Waals surface area contributed by atoms with Gasteiger partial charge in [0.2, 0.25) is 5.89 Å². The van der Waals surface area contributed by atoms with Gasteiger partial charge in [-0.25, -0.2) is 9.37 Å². The average Bonchev–Trinajstić information content (AvgIpc) is 2.96. The van der Waals surface area contributed by atoms with E-state index in [4.69, 9.17) is 4.42 Å². The average molecular weight is 338 g/mol.